The number of rotatable bonds is 15. The molecule has 4 fully saturated rings. The van der Waals surface area contributed by atoms with Crippen LogP contribution in [0.2, 0.25) is 0 Å². The zero-order valence-corrected chi connectivity index (χ0v) is 27.3. The molecule has 0 amide bonds. The average Bonchev–Trinajstić information content (AvgIpc) is 3.95. The highest BCUT2D eigenvalue weighted by Gasteiger charge is 2.44. The molecule has 4 aliphatic rings. The van der Waals surface area contributed by atoms with Crippen LogP contribution in [0.5, 0.6) is 0 Å². The van der Waals surface area contributed by atoms with Crippen molar-refractivity contribution in [3.05, 3.63) is 120 Å². The van der Waals surface area contributed by atoms with Crippen LogP contribution >= 0.6 is 0 Å². The standard InChI is InChI=1S/C30H26O3.C6H10O3.C4H10O2/c1-3-11-21(12-4-1)23-15-7-9-17-25(23)29-27(32-29)19-31-20-28-30(33-28)26-18-10-8-16-24(26)22-13-5-2-6-14-22;1(5-3-8-5)7-2-6-4-9-6;5-3-1-2-4-6/h1-18,27-30H,19-20H2;5-6H,1-4H2;5-6H,1-4H2. The highest BCUT2D eigenvalue weighted by Crippen LogP contribution is 2.45. The molecule has 0 aliphatic carbocycles. The van der Waals surface area contributed by atoms with Crippen LogP contribution in [0.3, 0.4) is 0 Å². The first-order valence-corrected chi connectivity index (χ1v) is 16.9. The summed E-state index contributed by atoms with van der Waals surface area (Å²) in [6.45, 7) is 4.82. The van der Waals surface area contributed by atoms with E-state index in [1.54, 1.807) is 0 Å². The van der Waals surface area contributed by atoms with Gasteiger partial charge in [0.25, 0.3) is 0 Å². The lowest BCUT2D eigenvalue weighted by atomic mass is 9.96. The minimum atomic E-state index is 0.0936. The molecule has 48 heavy (non-hydrogen) atoms. The number of ether oxygens (including phenoxy) is 6. The van der Waals surface area contributed by atoms with Gasteiger partial charge < -0.3 is 38.6 Å². The van der Waals surface area contributed by atoms with Crippen molar-refractivity contribution in [3.63, 3.8) is 0 Å². The number of aliphatic hydroxyl groups excluding tert-OH is 2. The van der Waals surface area contributed by atoms with Gasteiger partial charge in [-0.1, -0.05) is 109 Å². The van der Waals surface area contributed by atoms with Crippen molar-refractivity contribution in [2.45, 2.75) is 49.5 Å². The van der Waals surface area contributed by atoms with Gasteiger partial charge in [-0.05, 0) is 46.2 Å². The second kappa shape index (κ2) is 17.8. The Kier molecular flexibility index (Phi) is 12.8. The van der Waals surface area contributed by atoms with Crippen LogP contribution in [-0.4, -0.2) is 87.5 Å². The zero-order valence-electron chi connectivity index (χ0n) is 27.3. The first-order valence-electron chi connectivity index (χ1n) is 16.9. The Labute approximate surface area is 283 Å². The number of hydrogen-bond acceptors (Lipinski definition) is 8. The first-order chi connectivity index (χ1) is 23.7. The van der Waals surface area contributed by atoms with Crippen molar-refractivity contribution in [2.75, 3.05) is 52.9 Å². The average molecular weight is 655 g/mol. The minimum Gasteiger partial charge on any atom is -0.396 e. The topological polar surface area (TPSA) is 109 Å². The summed E-state index contributed by atoms with van der Waals surface area (Å²) in [6, 6.07) is 37.9. The Morgan fingerprint density at radius 3 is 1.27 bits per heavy atom. The van der Waals surface area contributed by atoms with E-state index in [9.17, 15) is 0 Å². The summed E-state index contributed by atoms with van der Waals surface area (Å²) in [5, 5.41) is 16.2. The van der Waals surface area contributed by atoms with Crippen LogP contribution in [0.4, 0.5) is 0 Å². The van der Waals surface area contributed by atoms with Crippen LogP contribution in [-0.2, 0) is 28.4 Å². The molecular weight excluding hydrogens is 608 g/mol. The molecule has 0 aromatic heterocycles. The lowest BCUT2D eigenvalue weighted by molar-refractivity contribution is 0.102. The van der Waals surface area contributed by atoms with Crippen LogP contribution in [0.25, 0.3) is 22.3 Å². The predicted octanol–water partition coefficient (Wildman–Crippen LogP) is 6.17. The Hall–Kier alpha value is -3.44. The summed E-state index contributed by atoms with van der Waals surface area (Å²) in [6.07, 6.45) is 2.61. The third-order valence-electron chi connectivity index (χ3n) is 8.41. The molecule has 0 spiro atoms. The molecule has 6 atom stereocenters. The van der Waals surface area contributed by atoms with E-state index >= 15 is 0 Å². The van der Waals surface area contributed by atoms with Gasteiger partial charge in [-0.2, -0.15) is 0 Å². The molecule has 6 unspecified atom stereocenters. The second-order valence-electron chi connectivity index (χ2n) is 12.2. The fourth-order valence-electron chi connectivity index (χ4n) is 5.52. The van der Waals surface area contributed by atoms with E-state index in [-0.39, 0.29) is 37.6 Å². The lowest BCUT2D eigenvalue weighted by Gasteiger charge is -2.08. The molecule has 0 bridgehead atoms. The number of benzene rings is 4. The summed E-state index contributed by atoms with van der Waals surface area (Å²) < 4.78 is 33.1. The molecule has 4 heterocycles. The van der Waals surface area contributed by atoms with Crippen LogP contribution < -0.4 is 0 Å². The Morgan fingerprint density at radius 2 is 0.875 bits per heavy atom. The highest BCUT2D eigenvalue weighted by molar-refractivity contribution is 5.69. The van der Waals surface area contributed by atoms with E-state index in [0.717, 1.165) is 39.3 Å². The largest absolute Gasteiger partial charge is 0.396 e. The quantitative estimate of drug-likeness (QED) is 0.116. The van der Waals surface area contributed by atoms with Gasteiger partial charge in [0.2, 0.25) is 0 Å². The Morgan fingerprint density at radius 1 is 0.500 bits per heavy atom. The van der Waals surface area contributed by atoms with Gasteiger partial charge in [0.1, 0.15) is 36.6 Å². The first kappa shape index (κ1) is 34.4. The molecular formula is C40H46O8. The summed E-state index contributed by atoms with van der Waals surface area (Å²) in [5.74, 6) is 0. The van der Waals surface area contributed by atoms with Crippen molar-refractivity contribution < 1.29 is 38.6 Å². The zero-order chi connectivity index (χ0) is 33.0. The van der Waals surface area contributed by atoms with Gasteiger partial charge in [-0.15, -0.1) is 0 Å². The minimum absolute atomic E-state index is 0.0936. The van der Waals surface area contributed by atoms with Crippen molar-refractivity contribution in [2.24, 2.45) is 0 Å². The lowest BCUT2D eigenvalue weighted by Crippen LogP contribution is -2.08. The van der Waals surface area contributed by atoms with Gasteiger partial charge in [-0.3, -0.25) is 0 Å². The molecule has 4 aliphatic heterocycles. The summed E-state index contributed by atoms with van der Waals surface area (Å²) in [5.41, 5.74) is 7.36. The van der Waals surface area contributed by atoms with Gasteiger partial charge in [0, 0.05) is 13.2 Å². The third-order valence-corrected chi connectivity index (χ3v) is 8.41. The van der Waals surface area contributed by atoms with E-state index in [1.807, 2.05) is 12.1 Å². The van der Waals surface area contributed by atoms with Crippen LogP contribution in [0.15, 0.2) is 109 Å². The fourth-order valence-corrected chi connectivity index (χ4v) is 5.52. The van der Waals surface area contributed by atoms with E-state index < -0.39 is 0 Å². The smallest absolute Gasteiger partial charge is 0.112 e. The van der Waals surface area contributed by atoms with Crippen LogP contribution in [0, 0.1) is 0 Å². The van der Waals surface area contributed by atoms with Crippen molar-refractivity contribution in [3.8, 4) is 22.3 Å². The normalized spacial score (nSPS) is 24.4. The maximum atomic E-state index is 8.09. The van der Waals surface area contributed by atoms with E-state index in [4.69, 9.17) is 38.6 Å². The van der Waals surface area contributed by atoms with Crippen molar-refractivity contribution >= 4 is 0 Å². The molecule has 254 valence electrons. The molecule has 0 saturated carbocycles. The Bertz CT molecular complexity index is 1400. The number of epoxide rings is 4. The monoisotopic (exact) mass is 654 g/mol. The maximum absolute atomic E-state index is 8.09. The second-order valence-corrected chi connectivity index (χ2v) is 12.2. The van der Waals surface area contributed by atoms with Gasteiger partial charge in [0.05, 0.1) is 39.6 Å². The van der Waals surface area contributed by atoms with E-state index in [2.05, 4.69) is 97.1 Å². The number of aliphatic hydroxyl groups is 2. The predicted molar refractivity (Wildman–Crippen MR) is 184 cm³/mol. The highest BCUT2D eigenvalue weighted by atomic mass is 16.6. The summed E-state index contributed by atoms with van der Waals surface area (Å²) in [4.78, 5) is 0. The van der Waals surface area contributed by atoms with E-state index in [1.165, 1.54) is 33.4 Å². The van der Waals surface area contributed by atoms with Crippen molar-refractivity contribution in [1.82, 2.24) is 0 Å². The maximum Gasteiger partial charge on any atom is 0.112 e. The van der Waals surface area contributed by atoms with E-state index in [0.29, 0.717) is 25.4 Å². The number of unbranched alkanes of at least 4 members (excludes halogenated alkanes) is 1. The molecule has 4 aromatic carbocycles. The molecule has 0 radical (unpaired) electrons. The number of hydrogen-bond donors (Lipinski definition) is 2. The van der Waals surface area contributed by atoms with Crippen molar-refractivity contribution in [1.29, 1.82) is 0 Å². The SMILES string of the molecule is C(OCC1CO1)C1CO1.OCCCCO.c1ccc(-c2ccccc2C2OC2COCC2OC2c2ccccc2-c2ccccc2)cc1. The summed E-state index contributed by atoms with van der Waals surface area (Å²) >= 11 is 0. The molecule has 4 saturated heterocycles. The molecule has 8 rings (SSSR count). The summed E-state index contributed by atoms with van der Waals surface area (Å²) in [7, 11) is 0. The van der Waals surface area contributed by atoms with Crippen LogP contribution in [0.1, 0.15) is 36.2 Å². The Balaban J connectivity index is 0.000000220. The third kappa shape index (κ3) is 10.5. The molecule has 8 heteroatoms. The van der Waals surface area contributed by atoms with Gasteiger partial charge in [-0.25, -0.2) is 0 Å². The molecule has 2 N–H and O–H groups in total. The van der Waals surface area contributed by atoms with Gasteiger partial charge >= 0.3 is 0 Å². The van der Waals surface area contributed by atoms with Gasteiger partial charge in [0.15, 0.2) is 0 Å². The molecule has 8 nitrogen and oxygen atoms in total. The fraction of sp³-hybridized carbons (Fsp3) is 0.400. The molecule has 4 aromatic rings.